The molecule has 0 unspecified atom stereocenters. The highest BCUT2D eigenvalue weighted by Gasteiger charge is 2.33. The summed E-state index contributed by atoms with van der Waals surface area (Å²) in [5.41, 5.74) is 2.82. The molecule has 2 aromatic heterocycles. The van der Waals surface area contributed by atoms with Crippen molar-refractivity contribution in [3.63, 3.8) is 0 Å². The monoisotopic (exact) mass is 383 g/mol. The summed E-state index contributed by atoms with van der Waals surface area (Å²) >= 11 is 5.83. The van der Waals surface area contributed by atoms with Crippen LogP contribution < -0.4 is 10.1 Å². The van der Waals surface area contributed by atoms with Crippen molar-refractivity contribution in [2.75, 3.05) is 11.9 Å². The molecule has 1 aliphatic heterocycles. The van der Waals surface area contributed by atoms with Gasteiger partial charge in [0.2, 0.25) is 5.91 Å². The van der Waals surface area contributed by atoms with Crippen LogP contribution in [0.5, 0.6) is 5.75 Å². The number of aromatic nitrogens is 4. The van der Waals surface area contributed by atoms with Gasteiger partial charge in [0, 0.05) is 17.9 Å². The van der Waals surface area contributed by atoms with Gasteiger partial charge in [0.15, 0.2) is 11.0 Å². The highest BCUT2D eigenvalue weighted by Crippen LogP contribution is 2.40. The number of hydrogen-bond donors (Lipinski definition) is 1. The molecule has 0 aliphatic carbocycles. The van der Waals surface area contributed by atoms with E-state index in [1.54, 1.807) is 16.8 Å². The number of carbonyl (C=O) groups is 1. The average molecular weight is 384 g/mol. The predicted molar refractivity (Wildman–Crippen MR) is 102 cm³/mol. The Morgan fingerprint density at radius 2 is 2.15 bits per heavy atom. The van der Waals surface area contributed by atoms with E-state index >= 15 is 0 Å². The molecule has 1 atom stereocenters. The maximum atomic E-state index is 12.4. The van der Waals surface area contributed by atoms with E-state index in [0.717, 1.165) is 22.6 Å². The van der Waals surface area contributed by atoms with Crippen LogP contribution in [0.3, 0.4) is 0 Å². The third-order valence-electron chi connectivity index (χ3n) is 4.51. The van der Waals surface area contributed by atoms with Crippen LogP contribution in [0.2, 0.25) is 5.15 Å². The number of rotatable bonds is 4. The number of carbonyl (C=O) groups excluding carboxylic acids is 1. The highest BCUT2D eigenvalue weighted by molar-refractivity contribution is 6.29. The standard InChI is InChI=1S/C19H18ClN5O2/c1-3-27-13-6-4-5-12(9-13)14-10-17(26)21-19-18(14)11(2)24-25(19)16-8-7-15(20)22-23-16/h4-9,14H,3,10H2,1-2H3,(H,21,26)/t14-/m1/s1. The van der Waals surface area contributed by atoms with E-state index in [1.807, 2.05) is 38.1 Å². The van der Waals surface area contributed by atoms with E-state index in [2.05, 4.69) is 20.6 Å². The number of halogens is 1. The molecule has 0 spiro atoms. The van der Waals surface area contributed by atoms with E-state index in [1.165, 1.54) is 0 Å². The lowest BCUT2D eigenvalue weighted by Gasteiger charge is -2.24. The van der Waals surface area contributed by atoms with Crippen LogP contribution in [0.1, 0.15) is 36.1 Å². The zero-order chi connectivity index (χ0) is 19.0. The number of aryl methyl sites for hydroxylation is 1. The molecule has 0 radical (unpaired) electrons. The molecule has 3 aromatic rings. The molecular weight excluding hydrogens is 366 g/mol. The molecule has 0 saturated heterocycles. The largest absolute Gasteiger partial charge is 0.494 e. The van der Waals surface area contributed by atoms with Crippen LogP contribution in [-0.2, 0) is 4.79 Å². The molecule has 27 heavy (non-hydrogen) atoms. The predicted octanol–water partition coefficient (Wildman–Crippen LogP) is 3.50. The van der Waals surface area contributed by atoms with Crippen LogP contribution in [0.15, 0.2) is 36.4 Å². The molecule has 1 N–H and O–H groups in total. The van der Waals surface area contributed by atoms with Crippen molar-refractivity contribution in [1.82, 2.24) is 20.0 Å². The minimum atomic E-state index is -0.108. The number of hydrogen-bond acceptors (Lipinski definition) is 5. The maximum Gasteiger partial charge on any atom is 0.226 e. The Balaban J connectivity index is 1.82. The molecule has 1 amide bonds. The summed E-state index contributed by atoms with van der Waals surface area (Å²) in [6.07, 6.45) is 0.349. The Morgan fingerprint density at radius 3 is 2.89 bits per heavy atom. The Hall–Kier alpha value is -2.93. The molecule has 0 bridgehead atoms. The first-order chi connectivity index (χ1) is 13.1. The molecule has 4 rings (SSSR count). The summed E-state index contributed by atoms with van der Waals surface area (Å²) in [5.74, 6) is 1.72. The third kappa shape index (κ3) is 3.26. The van der Waals surface area contributed by atoms with Gasteiger partial charge in [0.1, 0.15) is 11.6 Å². The fraction of sp³-hybridized carbons (Fsp3) is 0.263. The van der Waals surface area contributed by atoms with Crippen molar-refractivity contribution < 1.29 is 9.53 Å². The normalized spacial score (nSPS) is 16.0. The van der Waals surface area contributed by atoms with Gasteiger partial charge < -0.3 is 10.1 Å². The van der Waals surface area contributed by atoms with E-state index in [9.17, 15) is 4.79 Å². The van der Waals surface area contributed by atoms with Gasteiger partial charge >= 0.3 is 0 Å². The number of benzene rings is 1. The quantitative estimate of drug-likeness (QED) is 0.745. The Bertz CT molecular complexity index is 1000. The van der Waals surface area contributed by atoms with Crippen molar-refractivity contribution >= 4 is 23.3 Å². The number of nitrogens with zero attached hydrogens (tertiary/aromatic N) is 4. The van der Waals surface area contributed by atoms with E-state index in [4.69, 9.17) is 16.3 Å². The Kier molecular flexibility index (Phi) is 4.53. The third-order valence-corrected chi connectivity index (χ3v) is 4.71. The van der Waals surface area contributed by atoms with Crippen LogP contribution in [-0.4, -0.2) is 32.5 Å². The zero-order valence-electron chi connectivity index (χ0n) is 14.9. The van der Waals surface area contributed by atoms with Crippen molar-refractivity contribution in [3.8, 4) is 11.6 Å². The molecular formula is C19H18ClN5O2. The van der Waals surface area contributed by atoms with Gasteiger partial charge in [-0.05, 0) is 43.7 Å². The van der Waals surface area contributed by atoms with Crippen molar-refractivity contribution in [2.45, 2.75) is 26.2 Å². The van der Waals surface area contributed by atoms with Gasteiger partial charge in [0.25, 0.3) is 0 Å². The molecule has 7 nitrogen and oxygen atoms in total. The van der Waals surface area contributed by atoms with Crippen LogP contribution in [0.25, 0.3) is 5.82 Å². The first-order valence-corrected chi connectivity index (χ1v) is 9.06. The second kappa shape index (κ2) is 7.00. The van der Waals surface area contributed by atoms with E-state index in [0.29, 0.717) is 29.8 Å². The van der Waals surface area contributed by atoms with Gasteiger partial charge in [-0.1, -0.05) is 23.7 Å². The number of ether oxygens (including phenoxy) is 1. The van der Waals surface area contributed by atoms with Crippen LogP contribution in [0, 0.1) is 6.92 Å². The topological polar surface area (TPSA) is 81.9 Å². The summed E-state index contributed by atoms with van der Waals surface area (Å²) in [7, 11) is 0. The highest BCUT2D eigenvalue weighted by atomic mass is 35.5. The van der Waals surface area contributed by atoms with E-state index in [-0.39, 0.29) is 11.8 Å². The molecule has 8 heteroatoms. The number of anilines is 1. The van der Waals surface area contributed by atoms with Gasteiger partial charge in [-0.25, -0.2) is 0 Å². The summed E-state index contributed by atoms with van der Waals surface area (Å²) < 4.78 is 7.22. The second-order valence-corrected chi connectivity index (χ2v) is 6.67. The molecule has 0 saturated carbocycles. The van der Waals surface area contributed by atoms with Crippen molar-refractivity contribution in [1.29, 1.82) is 0 Å². The Morgan fingerprint density at radius 1 is 1.30 bits per heavy atom. The second-order valence-electron chi connectivity index (χ2n) is 6.28. The summed E-state index contributed by atoms with van der Waals surface area (Å²) in [6.45, 7) is 4.46. The molecule has 0 fully saturated rings. The zero-order valence-corrected chi connectivity index (χ0v) is 15.7. The first-order valence-electron chi connectivity index (χ1n) is 8.68. The lowest BCUT2D eigenvalue weighted by molar-refractivity contribution is -0.116. The van der Waals surface area contributed by atoms with Crippen LogP contribution in [0.4, 0.5) is 5.82 Å². The summed E-state index contributed by atoms with van der Waals surface area (Å²) in [4.78, 5) is 12.4. The fourth-order valence-corrected chi connectivity index (χ4v) is 3.51. The summed E-state index contributed by atoms with van der Waals surface area (Å²) in [5, 5.41) is 15.8. The van der Waals surface area contributed by atoms with E-state index < -0.39 is 0 Å². The SMILES string of the molecule is CCOc1cccc([C@H]2CC(=O)Nc3c2c(C)nn3-c2ccc(Cl)nn2)c1. The number of amides is 1. The molecule has 3 heterocycles. The average Bonchev–Trinajstić information content (AvgIpc) is 2.99. The molecule has 138 valence electrons. The smallest absolute Gasteiger partial charge is 0.226 e. The number of nitrogens with one attached hydrogen (secondary N) is 1. The lowest BCUT2D eigenvalue weighted by atomic mass is 9.86. The van der Waals surface area contributed by atoms with Gasteiger partial charge in [-0.3, -0.25) is 4.79 Å². The van der Waals surface area contributed by atoms with Gasteiger partial charge in [-0.15, -0.1) is 10.2 Å². The summed E-state index contributed by atoms with van der Waals surface area (Å²) in [6, 6.07) is 11.2. The van der Waals surface area contributed by atoms with Gasteiger partial charge in [-0.2, -0.15) is 9.78 Å². The van der Waals surface area contributed by atoms with Crippen LogP contribution >= 0.6 is 11.6 Å². The molecule has 1 aliphatic rings. The minimum absolute atomic E-state index is 0.0719. The van der Waals surface area contributed by atoms with Crippen molar-refractivity contribution in [3.05, 3.63) is 58.4 Å². The first kappa shape index (κ1) is 17.5. The Labute approximate surface area is 161 Å². The maximum absolute atomic E-state index is 12.4. The molecule has 1 aromatic carbocycles. The lowest BCUT2D eigenvalue weighted by Crippen LogP contribution is -2.25. The minimum Gasteiger partial charge on any atom is -0.494 e. The van der Waals surface area contributed by atoms with Gasteiger partial charge in [0.05, 0.1) is 12.3 Å². The van der Waals surface area contributed by atoms with Crippen molar-refractivity contribution in [2.24, 2.45) is 0 Å². The fourth-order valence-electron chi connectivity index (χ4n) is 3.41. The number of fused-ring (bicyclic) bond motifs is 1.